The Balaban J connectivity index is 1.41. The van der Waals surface area contributed by atoms with Gasteiger partial charge >= 0.3 is 5.97 Å². The highest BCUT2D eigenvalue weighted by Gasteiger charge is 2.34. The van der Waals surface area contributed by atoms with Crippen LogP contribution in [-0.4, -0.2) is 38.5 Å². The van der Waals surface area contributed by atoms with E-state index in [9.17, 15) is 9.59 Å². The first-order valence-electron chi connectivity index (χ1n) is 15.2. The molecule has 0 N–H and O–H groups in total. The minimum atomic E-state index is -0.790. The summed E-state index contributed by atoms with van der Waals surface area (Å²) < 4.78 is 31.3. The molecule has 246 valence electrons. The molecule has 1 unspecified atom stereocenters. The summed E-state index contributed by atoms with van der Waals surface area (Å²) in [6, 6.07) is 22.7. The first-order chi connectivity index (χ1) is 23.3. The SMILES string of the molecule is CCOC(=O)C1=C(C)N=c2sc(=Cc3cc(I)c(OCc4cccc5ccccc45)c(OC)c3)c(=O)n2C1c1ccc(OC)c(OC)c1. The molecule has 0 fully saturated rings. The number of benzene rings is 4. The van der Waals surface area contributed by atoms with E-state index in [1.165, 1.54) is 18.4 Å². The summed E-state index contributed by atoms with van der Waals surface area (Å²) in [5.41, 5.74) is 2.94. The van der Waals surface area contributed by atoms with Crippen molar-refractivity contribution in [3.63, 3.8) is 0 Å². The second-order valence-electron chi connectivity index (χ2n) is 10.9. The quantitative estimate of drug-likeness (QED) is 0.124. The molecule has 1 aliphatic heterocycles. The normalized spacial score (nSPS) is 14.4. The van der Waals surface area contributed by atoms with Crippen LogP contribution in [-0.2, 0) is 16.1 Å². The van der Waals surface area contributed by atoms with Crippen LogP contribution < -0.4 is 33.8 Å². The maximum atomic E-state index is 14.2. The van der Waals surface area contributed by atoms with Gasteiger partial charge in [0.1, 0.15) is 6.61 Å². The number of carbonyl (C=O) groups excluding carboxylic acids is 1. The van der Waals surface area contributed by atoms with Crippen LogP contribution in [0.5, 0.6) is 23.0 Å². The fraction of sp³-hybridized carbons (Fsp3) is 0.216. The molecule has 0 saturated carbocycles. The van der Waals surface area contributed by atoms with Crippen molar-refractivity contribution in [2.45, 2.75) is 26.5 Å². The predicted octanol–water partition coefficient (Wildman–Crippen LogP) is 6.16. The zero-order valence-corrected chi connectivity index (χ0v) is 30.0. The largest absolute Gasteiger partial charge is 0.493 e. The summed E-state index contributed by atoms with van der Waals surface area (Å²) in [6.07, 6.45) is 1.80. The van der Waals surface area contributed by atoms with E-state index in [0.29, 0.717) is 50.2 Å². The Morgan fingerprint density at radius 2 is 1.71 bits per heavy atom. The molecule has 11 heteroatoms. The number of esters is 1. The highest BCUT2D eigenvalue weighted by Crippen LogP contribution is 2.37. The topological polar surface area (TPSA) is 97.6 Å². The van der Waals surface area contributed by atoms with Crippen LogP contribution in [0.2, 0.25) is 0 Å². The van der Waals surface area contributed by atoms with E-state index in [1.54, 1.807) is 50.8 Å². The van der Waals surface area contributed by atoms with Crippen molar-refractivity contribution < 1.29 is 28.5 Å². The number of nitrogens with zero attached hydrogens (tertiary/aromatic N) is 2. The number of hydrogen-bond acceptors (Lipinski definition) is 9. The molecule has 6 rings (SSSR count). The number of methoxy groups -OCH3 is 3. The zero-order chi connectivity index (χ0) is 33.9. The monoisotopic (exact) mass is 776 g/mol. The Morgan fingerprint density at radius 1 is 0.958 bits per heavy atom. The number of ether oxygens (including phenoxy) is 5. The van der Waals surface area contributed by atoms with Crippen LogP contribution in [0, 0.1) is 3.57 Å². The Morgan fingerprint density at radius 3 is 2.46 bits per heavy atom. The molecule has 0 aliphatic carbocycles. The summed E-state index contributed by atoms with van der Waals surface area (Å²) in [6.45, 7) is 4.04. The standard InChI is InChI=1S/C37H33IN2O7S/c1-6-46-36(42)32-21(2)39-37-40(33(32)24-14-15-28(43-3)29(19-24)44-4)35(41)31(48-37)18-22-16-27(38)34(30(17-22)45-5)47-20-25-12-9-11-23-10-7-8-13-26(23)25/h7-19,33H,6,20H2,1-5H3. The third-order valence-electron chi connectivity index (χ3n) is 8.04. The molecule has 1 aromatic heterocycles. The summed E-state index contributed by atoms with van der Waals surface area (Å²) in [5, 5.41) is 2.28. The van der Waals surface area contributed by atoms with E-state index >= 15 is 0 Å². The maximum Gasteiger partial charge on any atom is 0.338 e. The highest BCUT2D eigenvalue weighted by atomic mass is 127. The summed E-state index contributed by atoms with van der Waals surface area (Å²) >= 11 is 3.47. The number of halogens is 1. The number of hydrogen-bond donors (Lipinski definition) is 0. The number of aromatic nitrogens is 1. The number of thiazole rings is 1. The Labute approximate surface area is 294 Å². The van der Waals surface area contributed by atoms with Crippen molar-refractivity contribution in [3.05, 3.63) is 124 Å². The number of carbonyl (C=O) groups is 1. The van der Waals surface area contributed by atoms with Crippen molar-refractivity contribution in [1.82, 2.24) is 4.57 Å². The molecule has 2 heterocycles. The molecule has 5 aromatic rings. The fourth-order valence-electron chi connectivity index (χ4n) is 5.81. The Hall–Kier alpha value is -4.62. The highest BCUT2D eigenvalue weighted by molar-refractivity contribution is 14.1. The van der Waals surface area contributed by atoms with E-state index in [1.807, 2.05) is 36.4 Å². The second kappa shape index (κ2) is 14.2. The van der Waals surface area contributed by atoms with E-state index in [4.69, 9.17) is 23.7 Å². The van der Waals surface area contributed by atoms with Gasteiger partial charge in [0.05, 0.1) is 53.4 Å². The lowest BCUT2D eigenvalue weighted by Crippen LogP contribution is -2.40. The predicted molar refractivity (Wildman–Crippen MR) is 194 cm³/mol. The summed E-state index contributed by atoms with van der Waals surface area (Å²) in [4.78, 5) is 32.6. The van der Waals surface area contributed by atoms with Gasteiger partial charge in [0.2, 0.25) is 0 Å². The number of rotatable bonds is 10. The lowest BCUT2D eigenvalue weighted by atomic mass is 9.95. The van der Waals surface area contributed by atoms with E-state index in [2.05, 4.69) is 51.8 Å². The third-order valence-corrected chi connectivity index (χ3v) is 9.83. The van der Waals surface area contributed by atoms with Gasteiger partial charge in [0.25, 0.3) is 5.56 Å². The molecular formula is C37H33IN2O7S. The van der Waals surface area contributed by atoms with E-state index < -0.39 is 12.0 Å². The molecule has 4 aromatic carbocycles. The Bertz CT molecular complexity index is 2250. The lowest BCUT2D eigenvalue weighted by molar-refractivity contribution is -0.139. The van der Waals surface area contributed by atoms with Crippen LogP contribution in [0.15, 0.2) is 93.9 Å². The summed E-state index contributed by atoms with van der Waals surface area (Å²) in [7, 11) is 4.68. The number of allylic oxidation sites excluding steroid dienone is 1. The molecule has 0 amide bonds. The molecule has 48 heavy (non-hydrogen) atoms. The van der Waals surface area contributed by atoms with Gasteiger partial charge in [-0.2, -0.15) is 0 Å². The average Bonchev–Trinajstić information content (AvgIpc) is 3.39. The van der Waals surface area contributed by atoms with Gasteiger partial charge in [0.15, 0.2) is 27.8 Å². The molecule has 1 aliphatic rings. The van der Waals surface area contributed by atoms with Gasteiger partial charge in [-0.05, 0) is 94.2 Å². The van der Waals surface area contributed by atoms with E-state index in [-0.39, 0.29) is 17.7 Å². The van der Waals surface area contributed by atoms with Gasteiger partial charge in [-0.1, -0.05) is 59.9 Å². The first-order valence-corrected chi connectivity index (χ1v) is 17.1. The Kier molecular flexibility index (Phi) is 9.88. The van der Waals surface area contributed by atoms with Crippen molar-refractivity contribution in [2.24, 2.45) is 4.99 Å². The average molecular weight is 777 g/mol. The van der Waals surface area contributed by atoms with Crippen LogP contribution in [0.3, 0.4) is 0 Å². The summed E-state index contributed by atoms with van der Waals surface area (Å²) in [5.74, 6) is 1.63. The smallest absolute Gasteiger partial charge is 0.338 e. The minimum Gasteiger partial charge on any atom is -0.493 e. The van der Waals surface area contributed by atoms with Crippen molar-refractivity contribution in [2.75, 3.05) is 27.9 Å². The first kappa shape index (κ1) is 33.3. The molecule has 0 saturated heterocycles. The fourth-order valence-corrected chi connectivity index (χ4v) is 7.64. The van der Waals surface area contributed by atoms with E-state index in [0.717, 1.165) is 25.5 Å². The van der Waals surface area contributed by atoms with Crippen molar-refractivity contribution in [3.8, 4) is 23.0 Å². The van der Waals surface area contributed by atoms with Gasteiger partial charge in [-0.25, -0.2) is 9.79 Å². The van der Waals surface area contributed by atoms with Gasteiger partial charge in [0, 0.05) is 0 Å². The number of fused-ring (bicyclic) bond motifs is 2. The maximum absolute atomic E-state index is 14.2. The van der Waals surface area contributed by atoms with Gasteiger partial charge in [-0.15, -0.1) is 0 Å². The molecule has 0 spiro atoms. The van der Waals surface area contributed by atoms with Crippen LogP contribution in [0.25, 0.3) is 16.8 Å². The van der Waals surface area contributed by atoms with Crippen LogP contribution in [0.4, 0.5) is 0 Å². The molecule has 1 atom stereocenters. The molecule has 0 radical (unpaired) electrons. The van der Waals surface area contributed by atoms with Crippen molar-refractivity contribution in [1.29, 1.82) is 0 Å². The van der Waals surface area contributed by atoms with Crippen LogP contribution >= 0.6 is 33.9 Å². The third kappa shape index (κ3) is 6.31. The van der Waals surface area contributed by atoms with Gasteiger partial charge in [-0.3, -0.25) is 9.36 Å². The van der Waals surface area contributed by atoms with Gasteiger partial charge < -0.3 is 23.7 Å². The van der Waals surface area contributed by atoms with Crippen LogP contribution in [0.1, 0.15) is 36.6 Å². The molecule has 0 bridgehead atoms. The van der Waals surface area contributed by atoms with Crippen molar-refractivity contribution >= 4 is 56.7 Å². The zero-order valence-electron chi connectivity index (χ0n) is 27.0. The molecular weight excluding hydrogens is 743 g/mol. The minimum absolute atomic E-state index is 0.181. The lowest BCUT2D eigenvalue weighted by Gasteiger charge is -2.25. The second-order valence-corrected chi connectivity index (χ2v) is 13.0. The molecule has 9 nitrogen and oxygen atoms in total.